The van der Waals surface area contributed by atoms with Crippen LogP contribution >= 0.6 is 0 Å². The molecule has 0 saturated carbocycles. The molecule has 6 nitrogen and oxygen atoms in total. The maximum absolute atomic E-state index is 12.8. The molecule has 0 spiro atoms. The number of hydrogen-bond donors (Lipinski definition) is 3. The second-order valence-electron chi connectivity index (χ2n) is 4.31. The third-order valence-electron chi connectivity index (χ3n) is 2.77. The quantitative estimate of drug-likeness (QED) is 0.601. The largest absolute Gasteiger partial charge is 0.506 e. The Labute approximate surface area is 125 Å². The van der Waals surface area contributed by atoms with Gasteiger partial charge in [0.1, 0.15) is 11.6 Å². The Kier molecular flexibility index (Phi) is 4.57. The van der Waals surface area contributed by atoms with E-state index in [-0.39, 0.29) is 17.0 Å². The Balaban J connectivity index is 2.05. The zero-order valence-electron chi connectivity index (χ0n) is 11.6. The summed E-state index contributed by atoms with van der Waals surface area (Å²) >= 11 is 0. The topological polar surface area (TPSA) is 87.7 Å². The van der Waals surface area contributed by atoms with Gasteiger partial charge in [-0.1, -0.05) is 0 Å². The Morgan fingerprint density at radius 2 is 1.77 bits per heavy atom. The molecule has 2 aromatic carbocycles. The fourth-order valence-corrected chi connectivity index (χ4v) is 1.70. The molecule has 7 heteroatoms. The number of methoxy groups -OCH3 is 1. The van der Waals surface area contributed by atoms with Crippen LogP contribution in [0.4, 0.5) is 20.6 Å². The zero-order valence-corrected chi connectivity index (χ0v) is 11.6. The van der Waals surface area contributed by atoms with Crippen LogP contribution < -0.4 is 10.6 Å². The number of carbonyl (C=O) groups excluding carboxylic acids is 2. The first-order chi connectivity index (χ1) is 10.5. The van der Waals surface area contributed by atoms with Gasteiger partial charge in [-0.3, -0.25) is 0 Å². The molecule has 0 fully saturated rings. The number of amides is 2. The number of rotatable bonds is 3. The van der Waals surface area contributed by atoms with Crippen molar-refractivity contribution in [1.82, 2.24) is 0 Å². The lowest BCUT2D eigenvalue weighted by molar-refractivity contribution is 0.0600. The van der Waals surface area contributed by atoms with Crippen molar-refractivity contribution in [2.24, 2.45) is 0 Å². The number of benzene rings is 2. The fraction of sp³-hybridized carbons (Fsp3) is 0.0667. The molecule has 0 unspecified atom stereocenters. The van der Waals surface area contributed by atoms with Crippen LogP contribution in [-0.2, 0) is 4.74 Å². The minimum atomic E-state index is -0.618. The van der Waals surface area contributed by atoms with Crippen molar-refractivity contribution in [1.29, 1.82) is 0 Å². The number of phenolic OH excluding ortho intramolecular Hbond substituents is 1. The van der Waals surface area contributed by atoms with Gasteiger partial charge in [0.15, 0.2) is 0 Å². The van der Waals surface area contributed by atoms with Crippen molar-refractivity contribution in [2.75, 3.05) is 17.7 Å². The first-order valence-electron chi connectivity index (χ1n) is 6.24. The second-order valence-corrected chi connectivity index (χ2v) is 4.31. The molecule has 0 aliphatic rings. The lowest BCUT2D eigenvalue weighted by Gasteiger charge is -2.10. The average molecular weight is 304 g/mol. The summed E-state index contributed by atoms with van der Waals surface area (Å²) in [5.41, 5.74) is 0.668. The molecule has 0 aliphatic carbocycles. The van der Waals surface area contributed by atoms with E-state index >= 15 is 0 Å². The molecule has 2 amide bonds. The molecule has 0 atom stereocenters. The highest BCUT2D eigenvalue weighted by molar-refractivity contribution is 6.01. The van der Waals surface area contributed by atoms with Crippen molar-refractivity contribution in [3.8, 4) is 5.75 Å². The number of carbonyl (C=O) groups is 2. The smallest absolute Gasteiger partial charge is 0.337 e. The van der Waals surface area contributed by atoms with E-state index in [0.717, 1.165) is 0 Å². The first-order valence-corrected chi connectivity index (χ1v) is 6.24. The Morgan fingerprint density at radius 1 is 1.09 bits per heavy atom. The van der Waals surface area contributed by atoms with E-state index in [0.29, 0.717) is 5.69 Å². The monoisotopic (exact) mass is 304 g/mol. The Morgan fingerprint density at radius 3 is 2.36 bits per heavy atom. The number of anilines is 2. The van der Waals surface area contributed by atoms with Gasteiger partial charge in [-0.15, -0.1) is 0 Å². The lowest BCUT2D eigenvalue weighted by Crippen LogP contribution is -2.19. The number of phenols is 1. The number of hydrogen-bond acceptors (Lipinski definition) is 4. The highest BCUT2D eigenvalue weighted by atomic mass is 19.1. The summed E-state index contributed by atoms with van der Waals surface area (Å²) in [6.07, 6.45) is 0. The zero-order chi connectivity index (χ0) is 16.1. The number of halogens is 1. The van der Waals surface area contributed by atoms with Crippen molar-refractivity contribution in [3.05, 3.63) is 53.8 Å². The van der Waals surface area contributed by atoms with Crippen LogP contribution in [0.1, 0.15) is 10.4 Å². The summed E-state index contributed by atoms with van der Waals surface area (Å²) in [4.78, 5) is 23.1. The van der Waals surface area contributed by atoms with E-state index in [1.54, 1.807) is 0 Å². The van der Waals surface area contributed by atoms with Crippen LogP contribution in [0.25, 0.3) is 0 Å². The Bertz CT molecular complexity index is 701. The van der Waals surface area contributed by atoms with Crippen LogP contribution in [-0.4, -0.2) is 24.2 Å². The number of nitrogens with one attached hydrogen (secondary N) is 2. The van der Waals surface area contributed by atoms with E-state index in [1.807, 2.05) is 0 Å². The summed E-state index contributed by atoms with van der Waals surface area (Å²) in [5.74, 6) is -1.29. The third kappa shape index (κ3) is 3.72. The molecule has 0 aromatic heterocycles. The van der Waals surface area contributed by atoms with Gasteiger partial charge in [-0.2, -0.15) is 0 Å². The molecule has 0 aliphatic heterocycles. The lowest BCUT2D eigenvalue weighted by atomic mass is 10.2. The van der Waals surface area contributed by atoms with Crippen LogP contribution in [0, 0.1) is 5.82 Å². The minimum absolute atomic E-state index is 0.118. The molecule has 114 valence electrons. The highest BCUT2D eigenvalue weighted by Gasteiger charge is 2.11. The van der Waals surface area contributed by atoms with Gasteiger partial charge in [0.2, 0.25) is 0 Å². The first kappa shape index (κ1) is 15.3. The molecule has 0 saturated heterocycles. The van der Waals surface area contributed by atoms with E-state index in [2.05, 4.69) is 15.4 Å². The summed E-state index contributed by atoms with van der Waals surface area (Å²) in [5, 5.41) is 14.7. The van der Waals surface area contributed by atoms with Crippen LogP contribution in [0.5, 0.6) is 5.75 Å². The van der Waals surface area contributed by atoms with E-state index < -0.39 is 17.8 Å². The standard InChI is InChI=1S/C15H13FN2O4/c1-22-14(20)9-2-7-12(13(19)8-9)18-15(21)17-11-5-3-10(16)4-6-11/h2-8,19H,1H3,(H2,17,18,21). The number of urea groups is 1. The van der Waals surface area contributed by atoms with Crippen molar-refractivity contribution >= 4 is 23.4 Å². The molecule has 0 heterocycles. The molecule has 2 aromatic rings. The van der Waals surface area contributed by atoms with Crippen LogP contribution in [0.3, 0.4) is 0 Å². The van der Waals surface area contributed by atoms with Gasteiger partial charge in [0.25, 0.3) is 0 Å². The SMILES string of the molecule is COC(=O)c1ccc(NC(=O)Nc2ccc(F)cc2)c(O)c1. The van der Waals surface area contributed by atoms with Crippen molar-refractivity contribution in [3.63, 3.8) is 0 Å². The summed E-state index contributed by atoms with van der Waals surface area (Å²) in [6.45, 7) is 0. The highest BCUT2D eigenvalue weighted by Crippen LogP contribution is 2.24. The molecular formula is C15H13FN2O4. The van der Waals surface area contributed by atoms with Crippen LogP contribution in [0.2, 0.25) is 0 Å². The van der Waals surface area contributed by atoms with Gasteiger partial charge in [-0.05, 0) is 42.5 Å². The normalized spacial score (nSPS) is 9.91. The number of ether oxygens (including phenoxy) is 1. The van der Waals surface area contributed by atoms with Crippen molar-refractivity contribution in [2.45, 2.75) is 0 Å². The maximum Gasteiger partial charge on any atom is 0.337 e. The fourth-order valence-electron chi connectivity index (χ4n) is 1.70. The van der Waals surface area contributed by atoms with Gasteiger partial charge >= 0.3 is 12.0 Å². The number of aromatic hydroxyl groups is 1. The predicted octanol–water partition coefficient (Wildman–Crippen LogP) is 2.96. The van der Waals surface area contributed by atoms with E-state index in [1.165, 1.54) is 49.6 Å². The minimum Gasteiger partial charge on any atom is -0.506 e. The summed E-state index contributed by atoms with van der Waals surface area (Å²) < 4.78 is 17.3. The van der Waals surface area contributed by atoms with Gasteiger partial charge < -0.3 is 20.5 Å². The molecular weight excluding hydrogens is 291 g/mol. The molecule has 0 radical (unpaired) electrons. The molecule has 22 heavy (non-hydrogen) atoms. The average Bonchev–Trinajstić information content (AvgIpc) is 2.50. The summed E-state index contributed by atoms with van der Waals surface area (Å²) in [6, 6.07) is 8.54. The third-order valence-corrected chi connectivity index (χ3v) is 2.77. The maximum atomic E-state index is 12.8. The second kappa shape index (κ2) is 6.57. The number of esters is 1. The van der Waals surface area contributed by atoms with Gasteiger partial charge in [-0.25, -0.2) is 14.0 Å². The van der Waals surface area contributed by atoms with Gasteiger partial charge in [0.05, 0.1) is 18.4 Å². The summed E-state index contributed by atoms with van der Waals surface area (Å²) in [7, 11) is 1.22. The molecule has 2 rings (SSSR count). The predicted molar refractivity (Wildman–Crippen MR) is 78.5 cm³/mol. The molecule has 0 bridgehead atoms. The molecule has 3 N–H and O–H groups in total. The van der Waals surface area contributed by atoms with Gasteiger partial charge in [0, 0.05) is 5.69 Å². The van der Waals surface area contributed by atoms with E-state index in [4.69, 9.17) is 0 Å². The Hall–Kier alpha value is -3.09. The van der Waals surface area contributed by atoms with Crippen molar-refractivity contribution < 1.29 is 23.8 Å². The van der Waals surface area contributed by atoms with E-state index in [9.17, 15) is 19.1 Å². The van der Waals surface area contributed by atoms with Crippen LogP contribution in [0.15, 0.2) is 42.5 Å².